The van der Waals surface area contributed by atoms with Crippen LogP contribution in [-0.4, -0.2) is 319 Å². The highest BCUT2D eigenvalue weighted by atomic mass is 32.2. The van der Waals surface area contributed by atoms with Gasteiger partial charge in [0.15, 0.2) is 0 Å². The summed E-state index contributed by atoms with van der Waals surface area (Å²) in [6, 6.07) is -1.91. The van der Waals surface area contributed by atoms with Gasteiger partial charge in [0.25, 0.3) is 0 Å². The first-order valence-electron chi connectivity index (χ1n) is 43.1. The minimum atomic E-state index is -1.87. The number of aromatic nitrogens is 2. The smallest absolute Gasteiger partial charge is 0.246 e. The van der Waals surface area contributed by atoms with Crippen molar-refractivity contribution < 1.29 is 102 Å². The largest absolute Gasteiger partial charge is 0.508 e. The van der Waals surface area contributed by atoms with Gasteiger partial charge in [-0.1, -0.05) is 102 Å². The van der Waals surface area contributed by atoms with Crippen LogP contribution in [-0.2, 0) is 106 Å². The number of fused-ring (bicyclic) bond motifs is 5. The highest BCUT2D eigenvalue weighted by Gasteiger charge is 2.47. The molecule has 42 heteroatoms. The predicted octanol–water partition coefficient (Wildman–Crippen LogP) is -3.80. The Balaban J connectivity index is 1.07. The zero-order valence-corrected chi connectivity index (χ0v) is 73.7. The monoisotopic (exact) mass is 1800 g/mol. The summed E-state index contributed by atoms with van der Waals surface area (Å²) >= 11 is 0.783. The first-order valence-corrected chi connectivity index (χ1v) is 44.2. The number of amides is 17. The number of unbranched alkanes of at least 4 members (excludes halogenated alkanes) is 2. The molecule has 0 spiro atoms. The molecular formula is C86H120N20O21S. The van der Waals surface area contributed by atoms with Crippen LogP contribution >= 0.6 is 11.8 Å². The number of ether oxygens (including phenoxy) is 1. The highest BCUT2D eigenvalue weighted by Crippen LogP contribution is 2.28. The molecule has 41 nitrogen and oxygen atoms in total. The number of aliphatic hydroxyl groups excluding tert-OH is 2. The average molecular weight is 1800 g/mol. The number of likely N-dealkylation sites (N-methyl/N-ethyl adjacent to an activating group) is 2. The number of nitrogens with two attached hydrogens (primary N) is 3. The van der Waals surface area contributed by atoms with Crippen LogP contribution < -0.4 is 70.4 Å². The van der Waals surface area contributed by atoms with Crippen LogP contribution in [0.15, 0.2) is 85.2 Å². The molecule has 0 saturated carbocycles. The first-order chi connectivity index (χ1) is 61.0. The van der Waals surface area contributed by atoms with Crippen molar-refractivity contribution in [2.24, 2.45) is 23.1 Å². The fourth-order valence-corrected chi connectivity index (χ4v) is 17.0. The molecule has 17 amide bonds. The lowest BCUT2D eigenvalue weighted by atomic mass is 10.00. The standard InChI is InChI=1S/C86H120N20O21S/c1-8-10-21-65-78(118)93-47(5)73(113)101-64(74(114)92-40-71(89)111)44-128-45-72(112)94-59(32-48-24-26-51(108)27-25-48)83(123)105-29-30-127-43-69(105)81(121)98-61(36-70(88)110)84(124)104-28-16-23-66(104)79(119)99-62(37-87)76(116)96-58(31-46(3)4)85(125)106-41-52(109)35-68(106)80(120)95-57(33-49-38-90-55-19-14-12-17-53(49)55)75(115)100-63(42-107)77(117)97-60(34-50-39-91-56-20-15-13-18-54(50)56)82(122)103(7)67(22-11-9-2)86(126)102(65)6/h12-15,17-20,24-27,38-39,46-47,52,57-69,90-91,107-109H,8-11,16,21-23,28-37,40-45,87H2,1-7H3,(H2,88,110)(H2,89,111)(H,92,114)(H,93,118)(H,94,112)(H,95,120)(H,96,116)(H,97,117)(H,98,121)(H,99,119)(H,100,115)(H,101,113)/t47-,52+,57-,58-,59-,60-,61-,62-,63-,64-,65-,66-,67+,68-,69-/m0/s1. The minimum absolute atomic E-state index is 0.0182. The van der Waals surface area contributed by atoms with Crippen LogP contribution in [0, 0.1) is 5.92 Å². The summed E-state index contributed by atoms with van der Waals surface area (Å²) in [6.45, 7) is 4.62. The lowest BCUT2D eigenvalue weighted by molar-refractivity contribution is -0.152. The lowest BCUT2D eigenvalue weighted by Gasteiger charge is -2.37. The van der Waals surface area contributed by atoms with E-state index >= 15 is 33.6 Å². The van der Waals surface area contributed by atoms with Crippen molar-refractivity contribution in [1.29, 1.82) is 0 Å². The number of hydrogen-bond donors (Lipinski definition) is 18. The Morgan fingerprint density at radius 1 is 0.562 bits per heavy atom. The average Bonchev–Trinajstić information content (AvgIpc) is 1.78. The molecule has 0 unspecified atom stereocenters. The molecular weight excluding hydrogens is 1680 g/mol. The summed E-state index contributed by atoms with van der Waals surface area (Å²) in [5, 5.41) is 60.0. The van der Waals surface area contributed by atoms with Gasteiger partial charge in [0.1, 0.15) is 90.3 Å². The maximum absolute atomic E-state index is 15.6. The zero-order chi connectivity index (χ0) is 93.3. The number of phenols is 1. The number of aromatic hydroxyl groups is 1. The molecule has 6 heterocycles. The summed E-state index contributed by atoms with van der Waals surface area (Å²) in [5.41, 5.74) is 20.0. The van der Waals surface area contributed by atoms with E-state index in [0.717, 1.165) is 36.3 Å². The van der Waals surface area contributed by atoms with Crippen LogP contribution in [0.2, 0.25) is 0 Å². The number of para-hydroxylation sites is 2. The fourth-order valence-electron chi connectivity index (χ4n) is 16.2. The van der Waals surface area contributed by atoms with E-state index in [1.807, 2.05) is 13.8 Å². The highest BCUT2D eigenvalue weighted by molar-refractivity contribution is 8.00. The van der Waals surface area contributed by atoms with Crippen LogP contribution in [0.4, 0.5) is 0 Å². The maximum Gasteiger partial charge on any atom is 0.246 e. The molecule has 3 aromatic carbocycles. The maximum atomic E-state index is 15.6. The van der Waals surface area contributed by atoms with Crippen molar-refractivity contribution in [3.63, 3.8) is 0 Å². The number of thioether (sulfide) groups is 1. The van der Waals surface area contributed by atoms with Gasteiger partial charge in [0, 0.05) is 106 Å². The third-order valence-electron chi connectivity index (χ3n) is 23.1. The van der Waals surface area contributed by atoms with Crippen molar-refractivity contribution in [2.45, 2.75) is 215 Å². The van der Waals surface area contributed by atoms with E-state index in [1.165, 1.54) is 45.3 Å². The van der Waals surface area contributed by atoms with Crippen molar-refractivity contribution in [3.05, 3.63) is 102 Å². The number of aromatic amines is 2. The molecule has 0 aliphatic carbocycles. The topological polar surface area (TPSA) is 606 Å². The number of rotatable bonds is 21. The van der Waals surface area contributed by atoms with E-state index in [4.69, 9.17) is 21.9 Å². The number of benzene rings is 3. The van der Waals surface area contributed by atoms with Gasteiger partial charge in [-0.15, -0.1) is 11.8 Å². The SMILES string of the molecule is CCCC[C@@H]1C(=O)N(C)[C@@H](CCCC)C(=O)N[C@@H](C)C(=O)N[C@H](C(=O)NCC(N)=O)CSCC(=O)N[C@@H](Cc2ccc(O)cc2)C(=O)N2CCOC[C@H]2C(=O)N[C@@H](CC(N)=O)C(=O)N2CCC[C@H]2C(=O)N[C@@H](CN)C(=O)N[C@@H](CC(C)C)C(=O)N2C[C@H](O)C[C@H]2C(=O)N[C@@H](Cc2c[nH]c3ccccc23)C(=O)N[C@@H](CO)C(=O)N[C@@H](Cc2c[nH]c3ccccc23)C(=O)N1C. The van der Waals surface area contributed by atoms with Gasteiger partial charge in [0.05, 0.1) is 44.6 Å². The van der Waals surface area contributed by atoms with Gasteiger partial charge >= 0.3 is 0 Å². The molecule has 4 aliphatic rings. The van der Waals surface area contributed by atoms with Crippen LogP contribution in [0.5, 0.6) is 5.75 Å². The van der Waals surface area contributed by atoms with Gasteiger partial charge in [-0.3, -0.25) is 81.5 Å². The Morgan fingerprint density at radius 3 is 1.71 bits per heavy atom. The number of nitrogens with one attached hydrogen (secondary N) is 12. The van der Waals surface area contributed by atoms with Gasteiger partial charge in [-0.2, -0.15) is 0 Å². The second kappa shape index (κ2) is 47.0. The molecule has 4 aliphatic heterocycles. The summed E-state index contributed by atoms with van der Waals surface area (Å²) < 4.78 is 5.69. The van der Waals surface area contributed by atoms with E-state index in [2.05, 4.69) is 63.1 Å². The molecule has 21 N–H and O–H groups in total. The van der Waals surface area contributed by atoms with Crippen molar-refractivity contribution in [2.75, 3.05) is 78.1 Å². The van der Waals surface area contributed by atoms with Crippen LogP contribution in [0.3, 0.4) is 0 Å². The molecule has 0 radical (unpaired) electrons. The third kappa shape index (κ3) is 26.5. The molecule has 4 saturated heterocycles. The second-order valence-corrected chi connectivity index (χ2v) is 34.1. The Morgan fingerprint density at radius 2 is 1.09 bits per heavy atom. The fraction of sp³-hybridized carbons (Fsp3) is 0.547. The molecule has 9 rings (SSSR count). The van der Waals surface area contributed by atoms with E-state index < -0.39 is 242 Å². The number of H-pyrrole nitrogens is 2. The van der Waals surface area contributed by atoms with Crippen molar-refractivity contribution in [3.8, 4) is 5.75 Å². The molecule has 128 heavy (non-hydrogen) atoms. The quantitative estimate of drug-likeness (QED) is 0.0335. The summed E-state index contributed by atoms with van der Waals surface area (Å²) in [4.78, 5) is 259. The number of nitrogens with zero attached hydrogens (tertiary/aromatic N) is 5. The van der Waals surface area contributed by atoms with Crippen LogP contribution in [0.25, 0.3) is 21.8 Å². The number of carbonyl (C=O) groups excluding carboxylic acids is 17. The number of carbonyl (C=O) groups is 17. The summed E-state index contributed by atoms with van der Waals surface area (Å²) in [5.74, 6) is -17.3. The van der Waals surface area contributed by atoms with Gasteiger partial charge in [-0.05, 0) is 85.9 Å². The molecule has 15 atom stereocenters. The Hall–Kier alpha value is -12.3. The molecule has 4 fully saturated rings. The van der Waals surface area contributed by atoms with Crippen molar-refractivity contribution in [1.82, 2.24) is 87.6 Å². The molecule has 0 bridgehead atoms. The number of morpholine rings is 1. The van der Waals surface area contributed by atoms with Gasteiger partial charge in [-0.25, -0.2) is 0 Å². The predicted molar refractivity (Wildman–Crippen MR) is 467 cm³/mol. The Labute approximate surface area is 743 Å². The van der Waals surface area contributed by atoms with Crippen molar-refractivity contribution >= 4 is 134 Å². The number of aliphatic hydroxyl groups is 2. The van der Waals surface area contributed by atoms with E-state index in [0.29, 0.717) is 64.2 Å². The number of primary amides is 2. The Kier molecular flexibility index (Phi) is 36.5. The summed E-state index contributed by atoms with van der Waals surface area (Å²) in [6.07, 6.45) is 1.73. The third-order valence-corrected chi connectivity index (χ3v) is 24.2. The van der Waals surface area contributed by atoms with Gasteiger partial charge < -0.3 is 125 Å². The number of hydrogen-bond acceptors (Lipinski definition) is 23. The molecule has 696 valence electrons. The minimum Gasteiger partial charge on any atom is -0.508 e. The van der Waals surface area contributed by atoms with E-state index in [9.17, 15) is 63.3 Å². The van der Waals surface area contributed by atoms with E-state index in [-0.39, 0.29) is 89.2 Å². The lowest BCUT2D eigenvalue weighted by Crippen LogP contribution is -2.63. The second-order valence-electron chi connectivity index (χ2n) is 33.1. The molecule has 5 aromatic rings. The first kappa shape index (κ1) is 99.5. The van der Waals surface area contributed by atoms with Gasteiger partial charge in [0.2, 0.25) is 100 Å². The van der Waals surface area contributed by atoms with E-state index in [1.54, 1.807) is 74.8 Å². The summed E-state index contributed by atoms with van der Waals surface area (Å²) in [7, 11) is 2.71. The number of phenolic OH excluding ortho intramolecular Hbond substituents is 1. The van der Waals surface area contributed by atoms with Crippen LogP contribution in [0.1, 0.15) is 122 Å². The Bertz CT molecular complexity index is 4840. The molecule has 2 aromatic heterocycles. The zero-order valence-electron chi connectivity index (χ0n) is 72.9. The normalized spacial score (nSPS) is 26.1.